The Morgan fingerprint density at radius 2 is 1.71 bits per heavy atom. The predicted octanol–water partition coefficient (Wildman–Crippen LogP) is 2.82. The average Bonchev–Trinajstić information content (AvgIpc) is 3.18. The number of H-pyrrole nitrogens is 1. The summed E-state index contributed by atoms with van der Waals surface area (Å²) in [5.41, 5.74) is 2.36. The van der Waals surface area contributed by atoms with Gasteiger partial charge in [0.1, 0.15) is 5.75 Å². The molecule has 0 radical (unpaired) electrons. The average molecular weight is 377 g/mol. The third-order valence-electron chi connectivity index (χ3n) is 5.25. The molecule has 6 nitrogen and oxygen atoms in total. The molecule has 2 heterocycles. The molecule has 1 N–H and O–H groups in total. The lowest BCUT2D eigenvalue weighted by molar-refractivity contribution is 0.0624. The van der Waals surface area contributed by atoms with Crippen LogP contribution in [0.25, 0.3) is 10.9 Å². The molecule has 1 aromatic heterocycles. The van der Waals surface area contributed by atoms with Crippen molar-refractivity contribution in [2.75, 3.05) is 39.8 Å². The lowest BCUT2D eigenvalue weighted by Gasteiger charge is -2.34. The molecule has 0 aliphatic carbocycles. The fourth-order valence-corrected chi connectivity index (χ4v) is 3.62. The summed E-state index contributed by atoms with van der Waals surface area (Å²) in [7, 11) is 1.60. The van der Waals surface area contributed by atoms with Crippen molar-refractivity contribution in [2.45, 2.75) is 0 Å². The van der Waals surface area contributed by atoms with Crippen molar-refractivity contribution in [3.63, 3.8) is 0 Å². The monoisotopic (exact) mass is 377 g/mol. The van der Waals surface area contributed by atoms with Gasteiger partial charge in [-0.2, -0.15) is 0 Å². The Balaban J connectivity index is 1.34. The number of nitrogens with one attached hydrogen (secondary N) is 1. The van der Waals surface area contributed by atoms with E-state index >= 15 is 0 Å². The molecule has 0 unspecified atom stereocenters. The molecule has 4 rings (SSSR count). The molecule has 3 aromatic rings. The quantitative estimate of drug-likeness (QED) is 0.695. The Morgan fingerprint density at radius 3 is 2.43 bits per heavy atom. The molecular formula is C22H23N3O3. The van der Waals surface area contributed by atoms with Crippen molar-refractivity contribution in [1.29, 1.82) is 0 Å². The minimum atomic E-state index is 0.0188. The smallest absolute Gasteiger partial charge is 0.253 e. The number of Topliss-reactive ketones (excluding diaryl/α,β-unsaturated/α-hetero) is 1. The third kappa shape index (κ3) is 3.64. The van der Waals surface area contributed by atoms with E-state index in [9.17, 15) is 9.59 Å². The summed E-state index contributed by atoms with van der Waals surface area (Å²) in [5, 5.41) is 0.959. The number of carbonyl (C=O) groups excluding carboxylic acids is 2. The maximum Gasteiger partial charge on any atom is 0.253 e. The van der Waals surface area contributed by atoms with Crippen LogP contribution in [-0.4, -0.2) is 66.3 Å². The summed E-state index contributed by atoms with van der Waals surface area (Å²) in [6.45, 7) is 2.98. The summed E-state index contributed by atoms with van der Waals surface area (Å²) in [5.74, 6) is 0.856. The number of fused-ring (bicyclic) bond motifs is 1. The van der Waals surface area contributed by atoms with Crippen LogP contribution in [0, 0.1) is 0 Å². The zero-order chi connectivity index (χ0) is 19.5. The van der Waals surface area contributed by atoms with Crippen LogP contribution in [0.3, 0.4) is 0 Å². The van der Waals surface area contributed by atoms with Crippen molar-refractivity contribution in [3.05, 3.63) is 65.9 Å². The Labute approximate surface area is 163 Å². The summed E-state index contributed by atoms with van der Waals surface area (Å²) in [6.07, 6.45) is 1.79. The maximum absolute atomic E-state index is 12.7. The fourth-order valence-electron chi connectivity index (χ4n) is 3.62. The normalized spacial score (nSPS) is 15.0. The van der Waals surface area contributed by atoms with Gasteiger partial charge in [-0.3, -0.25) is 14.5 Å². The second-order valence-electron chi connectivity index (χ2n) is 6.97. The van der Waals surface area contributed by atoms with Crippen molar-refractivity contribution in [2.24, 2.45) is 0 Å². The van der Waals surface area contributed by atoms with Crippen molar-refractivity contribution < 1.29 is 14.3 Å². The highest BCUT2D eigenvalue weighted by molar-refractivity contribution is 6.08. The number of hydrogen-bond donors (Lipinski definition) is 1. The van der Waals surface area contributed by atoms with E-state index in [0.29, 0.717) is 38.3 Å². The molecule has 1 aliphatic heterocycles. The van der Waals surface area contributed by atoms with E-state index in [1.165, 1.54) is 0 Å². The van der Waals surface area contributed by atoms with Gasteiger partial charge in [0.15, 0.2) is 5.78 Å². The summed E-state index contributed by atoms with van der Waals surface area (Å²) in [4.78, 5) is 32.5. The van der Waals surface area contributed by atoms with E-state index < -0.39 is 0 Å². The zero-order valence-corrected chi connectivity index (χ0v) is 15.9. The van der Waals surface area contributed by atoms with E-state index in [0.717, 1.165) is 22.2 Å². The number of para-hydroxylation sites is 1. The van der Waals surface area contributed by atoms with E-state index in [2.05, 4.69) is 9.88 Å². The first kappa shape index (κ1) is 18.3. The third-order valence-corrected chi connectivity index (χ3v) is 5.25. The van der Waals surface area contributed by atoms with E-state index in [1.54, 1.807) is 37.6 Å². The Bertz CT molecular complexity index is 986. The first-order chi connectivity index (χ1) is 13.7. The molecule has 0 spiro atoms. The molecule has 2 aromatic carbocycles. The van der Waals surface area contributed by atoms with Crippen LogP contribution in [0.1, 0.15) is 20.7 Å². The lowest BCUT2D eigenvalue weighted by Crippen LogP contribution is -2.49. The number of aromatic nitrogens is 1. The van der Waals surface area contributed by atoms with Crippen molar-refractivity contribution in [1.82, 2.24) is 14.8 Å². The molecule has 0 saturated carbocycles. The topological polar surface area (TPSA) is 65.6 Å². The molecule has 144 valence electrons. The van der Waals surface area contributed by atoms with E-state index in [4.69, 9.17) is 4.74 Å². The lowest BCUT2D eigenvalue weighted by atomic mass is 10.1. The molecule has 1 saturated heterocycles. The maximum atomic E-state index is 12.7. The summed E-state index contributed by atoms with van der Waals surface area (Å²) >= 11 is 0. The van der Waals surface area contributed by atoms with Crippen molar-refractivity contribution in [3.8, 4) is 5.75 Å². The van der Waals surface area contributed by atoms with Gasteiger partial charge in [-0.05, 0) is 30.3 Å². The molecule has 0 atom stereocenters. The second kappa shape index (κ2) is 7.86. The number of methoxy groups -OCH3 is 1. The van der Waals surface area contributed by atoms with Gasteiger partial charge >= 0.3 is 0 Å². The molecule has 1 aliphatic rings. The fraction of sp³-hybridized carbons (Fsp3) is 0.273. The van der Waals surface area contributed by atoms with Crippen LogP contribution in [0.4, 0.5) is 0 Å². The van der Waals surface area contributed by atoms with Gasteiger partial charge in [0, 0.05) is 54.4 Å². The van der Waals surface area contributed by atoms with E-state index in [-0.39, 0.29) is 11.7 Å². The number of ether oxygens (including phenoxy) is 1. The van der Waals surface area contributed by atoms with Gasteiger partial charge in [-0.25, -0.2) is 0 Å². The number of rotatable bonds is 5. The van der Waals surface area contributed by atoms with Gasteiger partial charge in [0.2, 0.25) is 0 Å². The number of amides is 1. The van der Waals surface area contributed by atoms with Crippen LogP contribution in [0.2, 0.25) is 0 Å². The van der Waals surface area contributed by atoms with E-state index in [1.807, 2.05) is 29.2 Å². The number of benzene rings is 2. The molecule has 28 heavy (non-hydrogen) atoms. The number of ketones is 1. The highest BCUT2D eigenvalue weighted by Gasteiger charge is 2.24. The predicted molar refractivity (Wildman–Crippen MR) is 108 cm³/mol. The SMILES string of the molecule is COc1ccc(C(=O)N2CCN(CC(=O)c3c[nH]c4ccccc34)CC2)cc1. The van der Waals surface area contributed by atoms with Crippen LogP contribution in [0.15, 0.2) is 54.7 Å². The highest BCUT2D eigenvalue weighted by atomic mass is 16.5. The Hall–Kier alpha value is -3.12. The standard InChI is InChI=1S/C22H23N3O3/c1-28-17-8-6-16(7-9-17)22(27)25-12-10-24(11-13-25)15-21(26)19-14-23-20-5-3-2-4-18(19)20/h2-9,14,23H,10-13,15H2,1H3. The number of nitrogens with zero attached hydrogens (tertiary/aromatic N) is 2. The second-order valence-corrected chi connectivity index (χ2v) is 6.97. The first-order valence-electron chi connectivity index (χ1n) is 9.40. The highest BCUT2D eigenvalue weighted by Crippen LogP contribution is 2.19. The van der Waals surface area contributed by atoms with Crippen LogP contribution in [0.5, 0.6) is 5.75 Å². The Morgan fingerprint density at radius 1 is 1.00 bits per heavy atom. The largest absolute Gasteiger partial charge is 0.497 e. The van der Waals surface area contributed by atoms with Crippen LogP contribution in [-0.2, 0) is 0 Å². The molecular weight excluding hydrogens is 354 g/mol. The number of piperazine rings is 1. The summed E-state index contributed by atoms with van der Waals surface area (Å²) in [6, 6.07) is 15.0. The molecule has 0 bridgehead atoms. The molecule has 1 amide bonds. The van der Waals surface area contributed by atoms with Gasteiger partial charge in [-0.1, -0.05) is 18.2 Å². The van der Waals surface area contributed by atoms with Crippen LogP contribution >= 0.6 is 0 Å². The summed E-state index contributed by atoms with van der Waals surface area (Å²) < 4.78 is 5.14. The van der Waals surface area contributed by atoms with Gasteiger partial charge in [-0.15, -0.1) is 0 Å². The molecule has 1 fully saturated rings. The molecule has 6 heteroatoms. The van der Waals surface area contributed by atoms with Crippen molar-refractivity contribution >= 4 is 22.6 Å². The van der Waals surface area contributed by atoms with Crippen LogP contribution < -0.4 is 4.74 Å². The van der Waals surface area contributed by atoms with Gasteiger partial charge in [0.25, 0.3) is 5.91 Å². The zero-order valence-electron chi connectivity index (χ0n) is 15.9. The first-order valence-corrected chi connectivity index (χ1v) is 9.40. The van der Waals surface area contributed by atoms with Gasteiger partial charge in [0.05, 0.1) is 13.7 Å². The van der Waals surface area contributed by atoms with Gasteiger partial charge < -0.3 is 14.6 Å². The minimum Gasteiger partial charge on any atom is -0.497 e. The number of carbonyl (C=O) groups is 2. The number of aromatic amines is 1. The Kier molecular flexibility index (Phi) is 5.12. The minimum absolute atomic E-state index is 0.0188. The number of hydrogen-bond acceptors (Lipinski definition) is 4.